The first-order valence-electron chi connectivity index (χ1n) is 5.03. The molecular formula is C13H12N2S. The fourth-order valence-corrected chi connectivity index (χ4v) is 2.07. The molecule has 80 valence electrons. The number of hydrogen-bond acceptors (Lipinski definition) is 3. The van der Waals surface area contributed by atoms with Crippen molar-refractivity contribution in [3.05, 3.63) is 66.0 Å². The van der Waals surface area contributed by atoms with Crippen molar-refractivity contribution in [2.75, 3.05) is 0 Å². The van der Waals surface area contributed by atoms with E-state index in [1.807, 2.05) is 36.4 Å². The molecule has 0 radical (unpaired) electrons. The van der Waals surface area contributed by atoms with Gasteiger partial charge < -0.3 is 0 Å². The zero-order chi connectivity index (χ0) is 11.2. The number of aromatic nitrogens is 1. The maximum absolute atomic E-state index is 7.88. The summed E-state index contributed by atoms with van der Waals surface area (Å²) in [5, 5.41) is 8.40. The summed E-state index contributed by atoms with van der Waals surface area (Å²) < 4.78 is 0. The van der Waals surface area contributed by atoms with Crippen LogP contribution in [0.4, 0.5) is 0 Å². The summed E-state index contributed by atoms with van der Waals surface area (Å²) >= 11 is 1.50. The van der Waals surface area contributed by atoms with Gasteiger partial charge in [-0.3, -0.25) is 10.4 Å². The van der Waals surface area contributed by atoms with Crippen molar-refractivity contribution < 1.29 is 0 Å². The molecule has 0 spiro atoms. The molecule has 0 fully saturated rings. The largest absolute Gasteiger partial charge is 0.292 e. The number of pyridine rings is 1. The highest BCUT2D eigenvalue weighted by Crippen LogP contribution is 2.16. The zero-order valence-electron chi connectivity index (χ0n) is 8.76. The molecule has 0 unspecified atom stereocenters. The standard InChI is InChI=1S/C13H12N2S/c14-13(12-8-4-5-9-15-12)16-10-11-6-2-1-3-7-11/h1-9,14H,10H2. The molecule has 0 saturated heterocycles. The summed E-state index contributed by atoms with van der Waals surface area (Å²) in [6.07, 6.45) is 1.72. The molecule has 0 atom stereocenters. The second-order valence-corrected chi connectivity index (χ2v) is 4.30. The number of hydrogen-bond donors (Lipinski definition) is 1. The van der Waals surface area contributed by atoms with E-state index in [2.05, 4.69) is 17.1 Å². The summed E-state index contributed by atoms with van der Waals surface area (Å²) in [5.41, 5.74) is 1.97. The first kappa shape index (κ1) is 10.9. The van der Waals surface area contributed by atoms with Crippen LogP contribution in [-0.2, 0) is 5.75 Å². The lowest BCUT2D eigenvalue weighted by atomic mass is 10.2. The Kier molecular flexibility index (Phi) is 3.72. The molecule has 0 saturated carbocycles. The van der Waals surface area contributed by atoms with Crippen LogP contribution in [0.1, 0.15) is 11.3 Å². The van der Waals surface area contributed by atoms with Crippen LogP contribution in [-0.4, -0.2) is 10.0 Å². The van der Waals surface area contributed by atoms with E-state index >= 15 is 0 Å². The Bertz CT molecular complexity index is 454. The van der Waals surface area contributed by atoms with Crippen LogP contribution in [0.25, 0.3) is 0 Å². The maximum atomic E-state index is 7.88. The first-order valence-corrected chi connectivity index (χ1v) is 6.01. The van der Waals surface area contributed by atoms with Gasteiger partial charge in [-0.1, -0.05) is 36.4 Å². The van der Waals surface area contributed by atoms with Gasteiger partial charge in [0, 0.05) is 11.9 Å². The minimum atomic E-state index is 0.518. The molecule has 1 heterocycles. The van der Waals surface area contributed by atoms with E-state index in [1.54, 1.807) is 6.20 Å². The Balaban J connectivity index is 1.95. The van der Waals surface area contributed by atoms with Crippen LogP contribution in [0.3, 0.4) is 0 Å². The third-order valence-corrected chi connectivity index (χ3v) is 3.10. The zero-order valence-corrected chi connectivity index (χ0v) is 9.58. The van der Waals surface area contributed by atoms with E-state index in [-0.39, 0.29) is 0 Å². The third kappa shape index (κ3) is 2.94. The minimum absolute atomic E-state index is 0.518. The first-order chi connectivity index (χ1) is 7.86. The lowest BCUT2D eigenvalue weighted by Gasteiger charge is -2.02. The van der Waals surface area contributed by atoms with E-state index < -0.39 is 0 Å². The van der Waals surface area contributed by atoms with Gasteiger partial charge in [-0.05, 0) is 17.7 Å². The van der Waals surface area contributed by atoms with Crippen LogP contribution < -0.4 is 0 Å². The highest BCUT2D eigenvalue weighted by Gasteiger charge is 2.02. The van der Waals surface area contributed by atoms with Crippen LogP contribution in [0.2, 0.25) is 0 Å². The molecule has 2 rings (SSSR count). The van der Waals surface area contributed by atoms with E-state index in [1.165, 1.54) is 17.3 Å². The van der Waals surface area contributed by atoms with Gasteiger partial charge in [-0.25, -0.2) is 0 Å². The van der Waals surface area contributed by atoms with Crippen LogP contribution in [0, 0.1) is 5.41 Å². The maximum Gasteiger partial charge on any atom is 0.113 e. The van der Waals surface area contributed by atoms with Gasteiger partial charge in [0.25, 0.3) is 0 Å². The highest BCUT2D eigenvalue weighted by atomic mass is 32.2. The molecule has 1 aromatic heterocycles. The SMILES string of the molecule is N=C(SCc1ccccc1)c1ccccn1. The molecule has 0 aliphatic heterocycles. The second-order valence-electron chi connectivity index (χ2n) is 3.32. The van der Waals surface area contributed by atoms with Gasteiger partial charge in [0.2, 0.25) is 0 Å². The van der Waals surface area contributed by atoms with E-state index in [9.17, 15) is 0 Å². The summed E-state index contributed by atoms with van der Waals surface area (Å²) in [6.45, 7) is 0. The number of nitrogens with one attached hydrogen (secondary N) is 1. The van der Waals surface area contributed by atoms with Crippen LogP contribution in [0.15, 0.2) is 54.7 Å². The predicted molar refractivity (Wildman–Crippen MR) is 68.8 cm³/mol. The molecule has 1 aromatic carbocycles. The fourth-order valence-electron chi connectivity index (χ4n) is 1.30. The van der Waals surface area contributed by atoms with Gasteiger partial charge in [0.15, 0.2) is 0 Å². The Morgan fingerprint density at radius 2 is 1.81 bits per heavy atom. The fraction of sp³-hybridized carbons (Fsp3) is 0.0769. The summed E-state index contributed by atoms with van der Waals surface area (Å²) in [6, 6.07) is 15.8. The molecule has 0 amide bonds. The lowest BCUT2D eigenvalue weighted by Crippen LogP contribution is -1.96. The molecule has 0 bridgehead atoms. The molecule has 0 aliphatic carbocycles. The van der Waals surface area contributed by atoms with Crippen molar-refractivity contribution in [2.24, 2.45) is 0 Å². The second kappa shape index (κ2) is 5.47. The van der Waals surface area contributed by atoms with Gasteiger partial charge in [-0.15, -0.1) is 11.8 Å². The lowest BCUT2D eigenvalue weighted by molar-refractivity contribution is 1.29. The molecule has 2 nitrogen and oxygen atoms in total. The van der Waals surface area contributed by atoms with Crippen molar-refractivity contribution >= 4 is 16.8 Å². The number of thioether (sulfide) groups is 1. The summed E-state index contributed by atoms with van der Waals surface area (Å²) in [4.78, 5) is 4.15. The molecule has 3 heteroatoms. The smallest absolute Gasteiger partial charge is 0.113 e. The summed E-state index contributed by atoms with van der Waals surface area (Å²) in [5.74, 6) is 0.816. The Hall–Kier alpha value is -1.61. The van der Waals surface area contributed by atoms with Gasteiger partial charge >= 0.3 is 0 Å². The molecular weight excluding hydrogens is 216 g/mol. The van der Waals surface area contributed by atoms with Gasteiger partial charge in [-0.2, -0.15) is 0 Å². The van der Waals surface area contributed by atoms with Gasteiger partial charge in [0.1, 0.15) is 5.04 Å². The van der Waals surface area contributed by atoms with E-state index in [0.29, 0.717) is 5.04 Å². The number of nitrogens with zero attached hydrogens (tertiary/aromatic N) is 1. The topological polar surface area (TPSA) is 36.7 Å². The Morgan fingerprint density at radius 3 is 2.50 bits per heavy atom. The monoisotopic (exact) mass is 228 g/mol. The molecule has 1 N–H and O–H groups in total. The molecule has 0 aliphatic rings. The van der Waals surface area contributed by atoms with Crippen molar-refractivity contribution in [2.45, 2.75) is 5.75 Å². The predicted octanol–water partition coefficient (Wildman–Crippen LogP) is 3.34. The minimum Gasteiger partial charge on any atom is -0.292 e. The number of rotatable bonds is 3. The third-order valence-electron chi connectivity index (χ3n) is 2.12. The van der Waals surface area contributed by atoms with Crippen LogP contribution in [0.5, 0.6) is 0 Å². The normalized spacial score (nSPS) is 10.0. The van der Waals surface area contributed by atoms with Crippen molar-refractivity contribution in [1.82, 2.24) is 4.98 Å². The molecule has 16 heavy (non-hydrogen) atoms. The Labute approximate surface area is 99.2 Å². The summed E-state index contributed by atoms with van der Waals surface area (Å²) in [7, 11) is 0. The average molecular weight is 228 g/mol. The highest BCUT2D eigenvalue weighted by molar-refractivity contribution is 8.13. The number of benzene rings is 1. The van der Waals surface area contributed by atoms with E-state index in [0.717, 1.165) is 11.4 Å². The van der Waals surface area contributed by atoms with E-state index in [4.69, 9.17) is 5.41 Å². The van der Waals surface area contributed by atoms with Crippen molar-refractivity contribution in [3.63, 3.8) is 0 Å². The van der Waals surface area contributed by atoms with Crippen LogP contribution >= 0.6 is 11.8 Å². The van der Waals surface area contributed by atoms with Crippen molar-refractivity contribution in [3.8, 4) is 0 Å². The average Bonchev–Trinajstić information content (AvgIpc) is 2.38. The molecule has 2 aromatic rings. The van der Waals surface area contributed by atoms with Crippen molar-refractivity contribution in [1.29, 1.82) is 5.41 Å². The Morgan fingerprint density at radius 1 is 1.06 bits per heavy atom. The quantitative estimate of drug-likeness (QED) is 0.646. The van der Waals surface area contributed by atoms with Gasteiger partial charge in [0.05, 0.1) is 5.69 Å².